The number of nitrogens with two attached hydrogens (primary N) is 1. The second kappa shape index (κ2) is 2.76. The van der Waals surface area contributed by atoms with Gasteiger partial charge in [-0.1, -0.05) is 0 Å². The van der Waals surface area contributed by atoms with Crippen molar-refractivity contribution in [2.24, 2.45) is 11.7 Å². The Labute approximate surface area is 89.5 Å². The van der Waals surface area contributed by atoms with Gasteiger partial charge in [-0.15, -0.1) is 0 Å². The minimum Gasteiger partial charge on any atom is -0.368 e. The van der Waals surface area contributed by atoms with Crippen LogP contribution in [0.15, 0.2) is 11.3 Å². The summed E-state index contributed by atoms with van der Waals surface area (Å²) in [6.07, 6.45) is 4.48. The lowest BCUT2D eigenvalue weighted by atomic mass is 9.60. The standard InChI is InChI=1S/C11H17N3O/c1-2-14-8-5-3-4-7-6-11(13-14,9(7)8)10(12)15/h7,13H,2-6H2,1H3,(H2,12,15). The molecular weight excluding hydrogens is 190 g/mol. The van der Waals surface area contributed by atoms with Crippen molar-refractivity contribution in [2.75, 3.05) is 6.54 Å². The van der Waals surface area contributed by atoms with Gasteiger partial charge in [-0.25, -0.2) is 5.43 Å². The summed E-state index contributed by atoms with van der Waals surface area (Å²) in [6.45, 7) is 3.00. The number of carbonyl (C=O) groups excluding carboxylic acids is 1. The molecule has 2 atom stereocenters. The molecule has 0 aromatic heterocycles. The van der Waals surface area contributed by atoms with Gasteiger partial charge < -0.3 is 10.7 Å². The molecule has 0 bridgehead atoms. The third-order valence-corrected chi connectivity index (χ3v) is 4.09. The summed E-state index contributed by atoms with van der Waals surface area (Å²) in [5.41, 5.74) is 11.0. The van der Waals surface area contributed by atoms with Crippen molar-refractivity contribution >= 4 is 5.91 Å². The molecule has 1 heterocycles. The van der Waals surface area contributed by atoms with Crippen LogP contribution in [0.3, 0.4) is 0 Å². The maximum absolute atomic E-state index is 11.6. The minimum atomic E-state index is -0.504. The van der Waals surface area contributed by atoms with E-state index in [-0.39, 0.29) is 5.91 Å². The Balaban J connectivity index is 2.04. The van der Waals surface area contributed by atoms with E-state index in [1.165, 1.54) is 24.1 Å². The van der Waals surface area contributed by atoms with Gasteiger partial charge in [0.2, 0.25) is 5.91 Å². The monoisotopic (exact) mass is 207 g/mol. The van der Waals surface area contributed by atoms with Crippen molar-refractivity contribution in [1.29, 1.82) is 0 Å². The third kappa shape index (κ3) is 0.930. The van der Waals surface area contributed by atoms with Crippen molar-refractivity contribution < 1.29 is 4.79 Å². The highest BCUT2D eigenvalue weighted by molar-refractivity contribution is 5.91. The number of hydrogen-bond donors (Lipinski definition) is 2. The maximum Gasteiger partial charge on any atom is 0.243 e. The molecule has 82 valence electrons. The maximum atomic E-state index is 11.6. The van der Waals surface area contributed by atoms with Crippen LogP contribution >= 0.6 is 0 Å². The predicted octanol–water partition coefficient (Wildman–Crippen LogP) is 0.508. The Morgan fingerprint density at radius 2 is 2.53 bits per heavy atom. The van der Waals surface area contributed by atoms with Crippen LogP contribution in [-0.2, 0) is 4.79 Å². The van der Waals surface area contributed by atoms with Crippen LogP contribution in [0, 0.1) is 5.92 Å². The van der Waals surface area contributed by atoms with E-state index < -0.39 is 5.54 Å². The first-order valence-electron chi connectivity index (χ1n) is 5.78. The molecule has 3 aliphatic rings. The Kier molecular flexibility index (Phi) is 1.69. The molecule has 2 aliphatic carbocycles. The van der Waals surface area contributed by atoms with Crippen LogP contribution < -0.4 is 11.2 Å². The Morgan fingerprint density at radius 1 is 1.73 bits per heavy atom. The highest BCUT2D eigenvalue weighted by atomic mass is 16.2. The molecule has 15 heavy (non-hydrogen) atoms. The molecule has 0 spiro atoms. The number of hydrazine groups is 1. The zero-order valence-electron chi connectivity index (χ0n) is 9.05. The Hall–Kier alpha value is -1.03. The van der Waals surface area contributed by atoms with E-state index >= 15 is 0 Å². The van der Waals surface area contributed by atoms with E-state index in [4.69, 9.17) is 5.73 Å². The number of rotatable bonds is 2. The molecule has 1 aliphatic heterocycles. The molecule has 3 N–H and O–H groups in total. The van der Waals surface area contributed by atoms with Gasteiger partial charge in [-0.05, 0) is 44.1 Å². The van der Waals surface area contributed by atoms with Gasteiger partial charge in [-0.3, -0.25) is 4.79 Å². The van der Waals surface area contributed by atoms with Crippen LogP contribution in [0.2, 0.25) is 0 Å². The summed E-state index contributed by atoms with van der Waals surface area (Å²) < 4.78 is 0. The van der Waals surface area contributed by atoms with E-state index in [2.05, 4.69) is 17.4 Å². The first-order valence-corrected chi connectivity index (χ1v) is 5.78. The van der Waals surface area contributed by atoms with Gasteiger partial charge in [0.1, 0.15) is 5.54 Å². The Morgan fingerprint density at radius 3 is 3.20 bits per heavy atom. The molecule has 1 saturated carbocycles. The van der Waals surface area contributed by atoms with Crippen molar-refractivity contribution in [3.8, 4) is 0 Å². The highest BCUT2D eigenvalue weighted by Gasteiger charge is 2.60. The predicted molar refractivity (Wildman–Crippen MR) is 56.4 cm³/mol. The quantitative estimate of drug-likeness (QED) is 0.693. The Bertz CT molecular complexity index is 363. The van der Waals surface area contributed by atoms with Gasteiger partial charge in [0.15, 0.2) is 0 Å². The van der Waals surface area contributed by atoms with Crippen molar-refractivity contribution in [2.45, 2.75) is 38.1 Å². The van der Waals surface area contributed by atoms with Crippen LogP contribution in [0.25, 0.3) is 0 Å². The lowest BCUT2D eigenvalue weighted by Gasteiger charge is -2.46. The lowest BCUT2D eigenvalue weighted by molar-refractivity contribution is -0.126. The highest BCUT2D eigenvalue weighted by Crippen LogP contribution is 2.54. The van der Waals surface area contributed by atoms with E-state index in [1.54, 1.807) is 0 Å². The van der Waals surface area contributed by atoms with Crippen LogP contribution in [0.5, 0.6) is 0 Å². The fraction of sp³-hybridized carbons (Fsp3) is 0.727. The normalized spacial score (nSPS) is 37.7. The average Bonchev–Trinajstić information content (AvgIpc) is 2.49. The summed E-state index contributed by atoms with van der Waals surface area (Å²) in [7, 11) is 0. The summed E-state index contributed by atoms with van der Waals surface area (Å²) in [5, 5.41) is 2.12. The fourth-order valence-electron chi connectivity index (χ4n) is 3.42. The van der Waals surface area contributed by atoms with Gasteiger partial charge in [0.05, 0.1) is 0 Å². The SMILES string of the molecule is CCN1NC2(C(N)=O)CC3CCCC1=C32. The van der Waals surface area contributed by atoms with Gasteiger partial charge >= 0.3 is 0 Å². The fourth-order valence-corrected chi connectivity index (χ4v) is 3.42. The number of primary amides is 1. The zero-order valence-corrected chi connectivity index (χ0v) is 9.05. The first-order chi connectivity index (χ1) is 7.19. The number of hydrogen-bond acceptors (Lipinski definition) is 3. The zero-order chi connectivity index (χ0) is 10.6. The summed E-state index contributed by atoms with van der Waals surface area (Å²) in [4.78, 5) is 11.6. The lowest BCUT2D eigenvalue weighted by Crippen LogP contribution is -2.64. The average molecular weight is 207 g/mol. The van der Waals surface area contributed by atoms with Crippen LogP contribution in [0.4, 0.5) is 0 Å². The second-order valence-electron chi connectivity index (χ2n) is 4.78. The topological polar surface area (TPSA) is 58.4 Å². The molecule has 2 unspecified atom stereocenters. The molecule has 1 fully saturated rings. The number of carbonyl (C=O) groups is 1. The van der Waals surface area contributed by atoms with E-state index in [0.29, 0.717) is 5.92 Å². The van der Waals surface area contributed by atoms with Crippen molar-refractivity contribution in [1.82, 2.24) is 10.4 Å². The van der Waals surface area contributed by atoms with Crippen molar-refractivity contribution in [3.63, 3.8) is 0 Å². The van der Waals surface area contributed by atoms with E-state index in [1.807, 2.05) is 0 Å². The molecule has 4 nitrogen and oxygen atoms in total. The summed E-state index contributed by atoms with van der Waals surface area (Å²) >= 11 is 0. The number of allylic oxidation sites excluding steroid dienone is 1. The molecule has 0 aromatic carbocycles. The van der Waals surface area contributed by atoms with Crippen LogP contribution in [-0.4, -0.2) is 23.0 Å². The van der Waals surface area contributed by atoms with Gasteiger partial charge in [0, 0.05) is 12.2 Å². The number of nitrogens with one attached hydrogen (secondary N) is 1. The van der Waals surface area contributed by atoms with Crippen LogP contribution in [0.1, 0.15) is 32.6 Å². The van der Waals surface area contributed by atoms with Crippen molar-refractivity contribution in [3.05, 3.63) is 11.3 Å². The molecule has 0 radical (unpaired) electrons. The molecule has 0 saturated heterocycles. The third-order valence-electron chi connectivity index (χ3n) is 4.09. The first kappa shape index (κ1) is 9.21. The molecule has 3 rings (SSSR count). The van der Waals surface area contributed by atoms with Gasteiger partial charge in [0.25, 0.3) is 0 Å². The number of amides is 1. The minimum absolute atomic E-state index is 0.205. The summed E-state index contributed by atoms with van der Waals surface area (Å²) in [5.74, 6) is 0.411. The molecule has 1 amide bonds. The molecular formula is C11H17N3O. The molecule has 0 aromatic rings. The van der Waals surface area contributed by atoms with E-state index in [9.17, 15) is 4.79 Å². The number of nitrogens with zero attached hydrogens (tertiary/aromatic N) is 1. The second-order valence-corrected chi connectivity index (χ2v) is 4.78. The van der Waals surface area contributed by atoms with E-state index in [0.717, 1.165) is 19.4 Å². The largest absolute Gasteiger partial charge is 0.368 e. The summed E-state index contributed by atoms with van der Waals surface area (Å²) in [6, 6.07) is 0. The molecule has 4 heteroatoms. The smallest absolute Gasteiger partial charge is 0.243 e. The van der Waals surface area contributed by atoms with Gasteiger partial charge in [-0.2, -0.15) is 0 Å².